The minimum absolute atomic E-state index is 0.0474. The van der Waals surface area contributed by atoms with Gasteiger partial charge in [0.15, 0.2) is 0 Å². The minimum atomic E-state index is -4.64. The van der Waals surface area contributed by atoms with Crippen LogP contribution in [0.1, 0.15) is 84.4 Å². The summed E-state index contributed by atoms with van der Waals surface area (Å²) >= 11 is 0. The number of fused-ring (bicyclic) bond motifs is 1. The number of benzene rings is 8. The topological polar surface area (TPSA) is 163 Å². The number of rotatable bonds is 22. The first kappa shape index (κ1) is 64.9. The summed E-state index contributed by atoms with van der Waals surface area (Å²) < 4.78 is 86.8. The molecule has 2 fully saturated rings. The zero-order valence-electron chi connectivity index (χ0n) is 50.4. The molecule has 3 heterocycles. The second kappa shape index (κ2) is 30.2. The van der Waals surface area contributed by atoms with Crippen molar-refractivity contribution in [3.63, 3.8) is 0 Å². The number of imidazole rings is 1. The Hall–Kier alpha value is -9.04. The Morgan fingerprint density at radius 1 is 0.571 bits per heavy atom. The molecule has 1 aromatic heterocycles. The number of hydrogen-bond donors (Lipinski definition) is 3. The van der Waals surface area contributed by atoms with Gasteiger partial charge in [-0.05, 0) is 146 Å². The molecule has 0 bridgehead atoms. The normalized spacial score (nSPS) is 17.8. The van der Waals surface area contributed by atoms with Crippen molar-refractivity contribution in [3.8, 4) is 0 Å². The average molecular weight is 1260 g/mol. The number of hydrogen-bond acceptors (Lipinski definition) is 7. The van der Waals surface area contributed by atoms with Gasteiger partial charge in [0.1, 0.15) is 5.82 Å². The Balaban J connectivity index is 0.000000211. The number of alkyl halides is 3. The van der Waals surface area contributed by atoms with Gasteiger partial charge in [-0.1, -0.05) is 164 Å². The van der Waals surface area contributed by atoms with E-state index in [9.17, 15) is 50.6 Å². The monoisotopic (exact) mass is 1260 g/mol. The van der Waals surface area contributed by atoms with Gasteiger partial charge in [-0.25, -0.2) is 27.2 Å². The molecule has 0 aliphatic carbocycles. The Kier molecular flexibility index (Phi) is 21.5. The average Bonchev–Trinajstić information content (AvgIpc) is 1.10. The highest BCUT2D eigenvalue weighted by Gasteiger charge is 2.48. The number of aromatic amines is 1. The lowest BCUT2D eigenvalue weighted by atomic mass is 9.83. The first-order chi connectivity index (χ1) is 44.0. The molecule has 2 aliphatic heterocycles. The van der Waals surface area contributed by atoms with Crippen molar-refractivity contribution in [3.05, 3.63) is 274 Å². The molecule has 0 saturated carbocycles. The second-order valence-corrected chi connectivity index (χ2v) is 25.2. The lowest BCUT2D eigenvalue weighted by Gasteiger charge is -2.52. The summed E-state index contributed by atoms with van der Waals surface area (Å²) in [6, 6.07) is 65.0. The van der Waals surface area contributed by atoms with Crippen molar-refractivity contribution in [1.29, 1.82) is 0 Å². The Morgan fingerprint density at radius 3 is 1.64 bits per heavy atom. The van der Waals surface area contributed by atoms with E-state index in [-0.39, 0.29) is 41.5 Å². The fraction of sp³-hybridized carbons (Fsp3) is 0.292. The van der Waals surface area contributed by atoms with Crippen LogP contribution in [0.3, 0.4) is 0 Å². The molecule has 2 amide bonds. The predicted molar refractivity (Wildman–Crippen MR) is 345 cm³/mol. The van der Waals surface area contributed by atoms with E-state index < -0.39 is 52.1 Å². The largest absolute Gasteiger partial charge is 0.465 e. The van der Waals surface area contributed by atoms with Crippen LogP contribution in [0.2, 0.25) is 0 Å². The van der Waals surface area contributed by atoms with E-state index in [0.29, 0.717) is 70.4 Å². The molecule has 2 aliphatic rings. The molecular weight excluding hydrogens is 1180 g/mol. The summed E-state index contributed by atoms with van der Waals surface area (Å²) in [5.74, 6) is -0.793. The zero-order chi connectivity index (χ0) is 63.9. The van der Waals surface area contributed by atoms with Crippen LogP contribution in [-0.2, 0) is 48.8 Å². The third-order valence-corrected chi connectivity index (χ3v) is 19.2. The van der Waals surface area contributed by atoms with Crippen molar-refractivity contribution in [2.45, 2.75) is 113 Å². The molecule has 11 rings (SSSR count). The number of sulfonamides is 1. The number of carboxylic acid groups (broad SMARTS) is 2. The van der Waals surface area contributed by atoms with Crippen LogP contribution in [0.4, 0.5) is 32.8 Å². The van der Waals surface area contributed by atoms with Crippen LogP contribution in [-0.4, -0.2) is 97.9 Å². The number of halogens is 4. The molecule has 474 valence electrons. The molecule has 0 spiro atoms. The number of aromatic nitrogens is 2. The molecule has 2 saturated heterocycles. The Bertz CT molecular complexity index is 3900. The number of para-hydroxylation sites is 3. The van der Waals surface area contributed by atoms with Crippen LogP contribution >= 0.6 is 0 Å². The van der Waals surface area contributed by atoms with E-state index in [1.807, 2.05) is 146 Å². The Morgan fingerprint density at radius 2 is 1.08 bits per heavy atom. The number of nitrogens with one attached hydrogen (secondary N) is 1. The quantitative estimate of drug-likeness (QED) is 0.0561. The number of anilines is 1. The van der Waals surface area contributed by atoms with E-state index in [1.165, 1.54) is 31.8 Å². The van der Waals surface area contributed by atoms with Gasteiger partial charge in [-0.3, -0.25) is 23.6 Å². The van der Waals surface area contributed by atoms with Gasteiger partial charge in [0.25, 0.3) is 10.0 Å². The highest BCUT2D eigenvalue weighted by atomic mass is 32.2. The molecule has 3 unspecified atom stereocenters. The van der Waals surface area contributed by atoms with Crippen molar-refractivity contribution in [1.82, 2.24) is 29.2 Å². The van der Waals surface area contributed by atoms with Gasteiger partial charge in [0.2, 0.25) is 0 Å². The number of likely N-dealkylation sites (tertiary alicyclic amines) is 2. The van der Waals surface area contributed by atoms with Crippen molar-refractivity contribution >= 4 is 38.9 Å². The van der Waals surface area contributed by atoms with Crippen LogP contribution in [0.5, 0.6) is 0 Å². The maximum atomic E-state index is 14.8. The first-order valence-electron chi connectivity index (χ1n) is 30.8. The second-order valence-electron chi connectivity index (χ2n) is 23.4. The molecule has 8 aromatic carbocycles. The number of aryl methyl sites for hydroxylation is 1. The lowest BCUT2D eigenvalue weighted by Crippen LogP contribution is -2.64. The highest BCUT2D eigenvalue weighted by Crippen LogP contribution is 2.41. The summed E-state index contributed by atoms with van der Waals surface area (Å²) in [4.78, 5) is 48.1. The summed E-state index contributed by atoms with van der Waals surface area (Å²) in [5, 5.41) is 20.6. The van der Waals surface area contributed by atoms with Gasteiger partial charge in [0.05, 0.1) is 39.4 Å². The van der Waals surface area contributed by atoms with Crippen LogP contribution in [0, 0.1) is 11.7 Å². The van der Waals surface area contributed by atoms with Crippen LogP contribution in [0.25, 0.3) is 11.0 Å². The van der Waals surface area contributed by atoms with E-state index in [2.05, 4.69) is 26.9 Å². The molecule has 3 N–H and O–H groups in total. The zero-order valence-corrected chi connectivity index (χ0v) is 51.2. The molecule has 5 atom stereocenters. The van der Waals surface area contributed by atoms with Crippen LogP contribution in [0.15, 0.2) is 234 Å². The van der Waals surface area contributed by atoms with E-state index in [0.717, 1.165) is 77.1 Å². The maximum Gasteiger partial charge on any atom is 0.416 e. The van der Waals surface area contributed by atoms with E-state index in [1.54, 1.807) is 34.9 Å². The number of carbonyl (C=O) groups is 2. The van der Waals surface area contributed by atoms with Crippen LogP contribution < -0.4 is 9.99 Å². The fourth-order valence-corrected chi connectivity index (χ4v) is 14.8. The van der Waals surface area contributed by atoms with Gasteiger partial charge in [-0.15, -0.1) is 0 Å². The number of nitrogens with zero attached hydrogens (tertiary/aromatic N) is 6. The maximum absolute atomic E-state index is 14.8. The summed E-state index contributed by atoms with van der Waals surface area (Å²) in [6.07, 6.45) is -2.71. The SMILES string of the molecule is O=C(O)N1CCC(n2c(=O)[nH]c3ccccc32)CC1CCCN(Cc1ccccc1)Cc1ccc(F)cc1.O=C(O)N1CC[C@H](N(c2ccccc2)S(=O)(=O)c2ccc(C(F)(F)F)cc2)C(CCCc2ccccc2)[C@H]1N(Cc1ccccc1)Cc1ccccc1. The highest BCUT2D eigenvalue weighted by molar-refractivity contribution is 7.92. The van der Waals surface area contributed by atoms with Gasteiger partial charge < -0.3 is 20.1 Å². The van der Waals surface area contributed by atoms with Gasteiger partial charge in [-0.2, -0.15) is 13.2 Å². The first-order valence-corrected chi connectivity index (χ1v) is 32.3. The minimum Gasteiger partial charge on any atom is -0.465 e. The van der Waals surface area contributed by atoms with Gasteiger partial charge >= 0.3 is 24.1 Å². The van der Waals surface area contributed by atoms with Gasteiger partial charge in [0, 0.05) is 57.3 Å². The number of amides is 2. The van der Waals surface area contributed by atoms with Crippen molar-refractivity contribution in [2.24, 2.45) is 5.92 Å². The number of H-pyrrole nitrogens is 1. The van der Waals surface area contributed by atoms with Crippen molar-refractivity contribution < 1.29 is 45.8 Å². The van der Waals surface area contributed by atoms with E-state index in [4.69, 9.17) is 0 Å². The molecule has 14 nitrogen and oxygen atoms in total. The molecule has 19 heteroatoms. The van der Waals surface area contributed by atoms with E-state index >= 15 is 0 Å². The smallest absolute Gasteiger partial charge is 0.416 e. The third-order valence-electron chi connectivity index (χ3n) is 17.3. The third kappa shape index (κ3) is 16.7. The lowest BCUT2D eigenvalue weighted by molar-refractivity contribution is -0.137. The fourth-order valence-electron chi connectivity index (χ4n) is 13.1. The summed E-state index contributed by atoms with van der Waals surface area (Å²) in [6.45, 7) is 3.43. The molecule has 9 aromatic rings. The summed E-state index contributed by atoms with van der Waals surface area (Å²) in [7, 11) is -4.45. The molecule has 91 heavy (non-hydrogen) atoms. The predicted octanol–water partition coefficient (Wildman–Crippen LogP) is 15.0. The Labute approximate surface area is 528 Å². The standard InChI is InChI=1S/C42H42F3N3O4S.C30H33FN4O3/c43-42(44,45)35-24-26-37(27-25-35)53(51,52)48(36-21-11-4-12-22-36)39-28-29-47(41(49)50)40(38(39)23-13-20-32-14-5-1-6-15-32)46(30-33-16-7-2-8-17-33)31-34-18-9-3-10-19-34;31-24-14-12-23(13-15-24)21-33(20-22-7-2-1-3-8-22)17-6-9-25-19-26(16-18-34(25)30(37)38)35-28-11-5-4-10-27(28)32-29(35)36/h1-12,14-19,21-22,24-27,38-40H,13,20,23,28-31H2,(H,49,50);1-5,7-8,10-15,25-26H,6,9,16-21H2,(H,32,36)(H,37,38)/t38?,39-,40-;/m0./s1. The molecular formula is C72H75F4N7O7S. The number of piperidine rings is 2. The molecule has 0 radical (unpaired) electrons. The van der Waals surface area contributed by atoms with Crippen molar-refractivity contribution in [2.75, 3.05) is 23.9 Å². The summed E-state index contributed by atoms with van der Waals surface area (Å²) in [5.41, 5.74) is 6.18.